The van der Waals surface area contributed by atoms with Crippen LogP contribution in [0.3, 0.4) is 0 Å². The molecule has 0 fully saturated rings. The zero-order valence-electron chi connectivity index (χ0n) is 6.25. The van der Waals surface area contributed by atoms with E-state index in [0.29, 0.717) is 12.2 Å². The Balaban J connectivity index is 2.60. The van der Waals surface area contributed by atoms with E-state index in [-0.39, 0.29) is 12.6 Å². The molecule has 1 atom stereocenters. The predicted molar refractivity (Wildman–Crippen MR) is 43.8 cm³/mol. The van der Waals surface area contributed by atoms with Crippen molar-refractivity contribution in [2.75, 3.05) is 12.3 Å². The van der Waals surface area contributed by atoms with Gasteiger partial charge in [-0.15, -0.1) is 0 Å². The van der Waals surface area contributed by atoms with Gasteiger partial charge in [-0.2, -0.15) is 0 Å². The molecule has 0 aliphatic heterocycles. The lowest BCUT2D eigenvalue weighted by atomic mass is 10.1. The number of rotatable bonds is 3. The molecule has 0 saturated heterocycles. The van der Waals surface area contributed by atoms with E-state index < -0.39 is 0 Å². The molecule has 0 aliphatic rings. The molecule has 1 rings (SSSR count). The van der Waals surface area contributed by atoms with Gasteiger partial charge in [0.2, 0.25) is 0 Å². The number of hydrogen-bond donors (Lipinski definition) is 4. The van der Waals surface area contributed by atoms with Gasteiger partial charge in [-0.1, -0.05) is 0 Å². The number of nitrogen functional groups attached to an aromatic ring is 1. The zero-order chi connectivity index (χ0) is 8.27. The molecule has 0 radical (unpaired) electrons. The van der Waals surface area contributed by atoms with Gasteiger partial charge >= 0.3 is 0 Å². The number of aromatic nitrogens is 1. The van der Waals surface area contributed by atoms with Crippen molar-refractivity contribution in [1.29, 1.82) is 0 Å². The number of hydrogen-bond acceptors (Lipinski definition) is 3. The molecule has 11 heavy (non-hydrogen) atoms. The van der Waals surface area contributed by atoms with Crippen LogP contribution in [-0.2, 0) is 0 Å². The van der Waals surface area contributed by atoms with Crippen LogP contribution in [0.5, 0.6) is 0 Å². The van der Waals surface area contributed by atoms with Crippen LogP contribution in [0.15, 0.2) is 12.3 Å². The van der Waals surface area contributed by atoms with Crippen molar-refractivity contribution in [1.82, 2.24) is 4.98 Å². The van der Waals surface area contributed by atoms with Gasteiger partial charge in [-0.25, -0.2) is 0 Å². The Hall–Kier alpha value is -1.00. The second-order valence-corrected chi connectivity index (χ2v) is 2.51. The first-order chi connectivity index (χ1) is 5.24. The van der Waals surface area contributed by atoms with E-state index in [2.05, 4.69) is 4.98 Å². The fourth-order valence-corrected chi connectivity index (χ4v) is 0.949. The van der Waals surface area contributed by atoms with E-state index in [9.17, 15) is 0 Å². The number of aliphatic hydroxyl groups excluding tert-OH is 1. The van der Waals surface area contributed by atoms with Crippen LogP contribution < -0.4 is 11.5 Å². The fourth-order valence-electron chi connectivity index (χ4n) is 0.949. The average molecular weight is 155 g/mol. The van der Waals surface area contributed by atoms with Gasteiger partial charge in [-0.3, -0.25) is 0 Å². The Morgan fingerprint density at radius 2 is 2.36 bits per heavy atom. The largest absolute Gasteiger partial charge is 0.396 e. The minimum Gasteiger partial charge on any atom is -0.396 e. The molecular weight excluding hydrogens is 142 g/mol. The first kappa shape index (κ1) is 8.10. The summed E-state index contributed by atoms with van der Waals surface area (Å²) < 4.78 is 0. The van der Waals surface area contributed by atoms with Gasteiger partial charge in [0, 0.05) is 18.8 Å². The normalized spacial score (nSPS) is 13.3. The first-order valence-corrected chi connectivity index (χ1v) is 3.54. The van der Waals surface area contributed by atoms with Gasteiger partial charge in [0.25, 0.3) is 0 Å². The predicted octanol–water partition coefficient (Wildman–Crippen LogP) is -0.0209. The number of aromatic amines is 1. The molecule has 1 aromatic rings. The Morgan fingerprint density at radius 1 is 1.64 bits per heavy atom. The van der Waals surface area contributed by atoms with Gasteiger partial charge < -0.3 is 21.6 Å². The summed E-state index contributed by atoms with van der Waals surface area (Å²) in [5.74, 6) is 0.605. The molecule has 4 heteroatoms. The number of anilines is 1. The van der Waals surface area contributed by atoms with E-state index in [1.54, 1.807) is 12.3 Å². The zero-order valence-corrected chi connectivity index (χ0v) is 6.25. The molecule has 0 aromatic carbocycles. The van der Waals surface area contributed by atoms with Crippen molar-refractivity contribution >= 4 is 5.82 Å². The second-order valence-electron chi connectivity index (χ2n) is 2.51. The minimum absolute atomic E-state index is 0.103. The van der Waals surface area contributed by atoms with Crippen molar-refractivity contribution in [2.24, 2.45) is 5.73 Å². The van der Waals surface area contributed by atoms with E-state index in [4.69, 9.17) is 16.6 Å². The summed E-state index contributed by atoms with van der Waals surface area (Å²) in [6, 6.07) is 1.66. The molecule has 4 nitrogen and oxygen atoms in total. The number of H-pyrrole nitrogens is 1. The van der Waals surface area contributed by atoms with Crippen LogP contribution in [0.4, 0.5) is 5.82 Å². The van der Waals surface area contributed by atoms with E-state index in [1.165, 1.54) is 0 Å². The number of nitrogens with two attached hydrogens (primary N) is 2. The lowest BCUT2D eigenvalue weighted by Crippen LogP contribution is -2.10. The van der Waals surface area contributed by atoms with Crippen LogP contribution in [0, 0.1) is 0 Å². The maximum atomic E-state index is 8.58. The monoisotopic (exact) mass is 155 g/mol. The van der Waals surface area contributed by atoms with Crippen LogP contribution in [0.1, 0.15) is 18.0 Å². The maximum absolute atomic E-state index is 8.58. The highest BCUT2D eigenvalue weighted by atomic mass is 16.3. The standard InChI is InChI=1S/C7H13N3O/c8-6(1-2-11)5-3-7(9)10-4-5/h3-4,6,10-11H,1-2,8-9H2/t6-/m0/s1. The molecule has 6 N–H and O–H groups in total. The van der Waals surface area contributed by atoms with Gasteiger partial charge in [-0.05, 0) is 18.1 Å². The first-order valence-electron chi connectivity index (χ1n) is 3.54. The molecule has 0 unspecified atom stereocenters. The highest BCUT2D eigenvalue weighted by Gasteiger charge is 2.05. The summed E-state index contributed by atoms with van der Waals surface area (Å²) in [5.41, 5.74) is 12.1. The third-order valence-electron chi connectivity index (χ3n) is 1.60. The molecule has 0 spiro atoms. The molecule has 0 saturated carbocycles. The summed E-state index contributed by atoms with van der Waals surface area (Å²) in [4.78, 5) is 2.82. The summed E-state index contributed by atoms with van der Waals surface area (Å²) in [5, 5.41) is 8.58. The van der Waals surface area contributed by atoms with Gasteiger partial charge in [0.05, 0.1) is 0 Å². The fraction of sp³-hybridized carbons (Fsp3) is 0.429. The SMILES string of the molecule is Nc1cc([C@@H](N)CCO)c[nH]1. The van der Waals surface area contributed by atoms with Crippen molar-refractivity contribution in [3.05, 3.63) is 17.8 Å². The van der Waals surface area contributed by atoms with Gasteiger partial charge in [0.1, 0.15) is 5.82 Å². The smallest absolute Gasteiger partial charge is 0.100 e. The van der Waals surface area contributed by atoms with Crippen LogP contribution >= 0.6 is 0 Å². The van der Waals surface area contributed by atoms with Crippen molar-refractivity contribution in [3.8, 4) is 0 Å². The molecule has 0 bridgehead atoms. The van der Waals surface area contributed by atoms with E-state index >= 15 is 0 Å². The number of nitrogens with one attached hydrogen (secondary N) is 1. The molecule has 0 aliphatic carbocycles. The van der Waals surface area contributed by atoms with Crippen LogP contribution in [-0.4, -0.2) is 16.7 Å². The lowest BCUT2D eigenvalue weighted by Gasteiger charge is -2.05. The highest BCUT2D eigenvalue weighted by molar-refractivity contribution is 5.34. The lowest BCUT2D eigenvalue weighted by molar-refractivity contribution is 0.276. The van der Waals surface area contributed by atoms with E-state index in [0.717, 1.165) is 5.56 Å². The molecule has 62 valence electrons. The quantitative estimate of drug-likeness (QED) is 0.494. The second kappa shape index (κ2) is 3.41. The van der Waals surface area contributed by atoms with Crippen LogP contribution in [0.2, 0.25) is 0 Å². The van der Waals surface area contributed by atoms with E-state index in [1.807, 2.05) is 0 Å². The molecular formula is C7H13N3O. The third kappa shape index (κ3) is 1.96. The summed E-state index contributed by atoms with van der Waals surface area (Å²) in [6.45, 7) is 0.103. The van der Waals surface area contributed by atoms with Crippen molar-refractivity contribution in [3.63, 3.8) is 0 Å². The average Bonchev–Trinajstić information content (AvgIpc) is 2.36. The molecule has 1 heterocycles. The number of aliphatic hydroxyl groups is 1. The Kier molecular flexibility index (Phi) is 2.51. The topological polar surface area (TPSA) is 88.1 Å². The van der Waals surface area contributed by atoms with Crippen LogP contribution in [0.25, 0.3) is 0 Å². The summed E-state index contributed by atoms with van der Waals surface area (Å²) >= 11 is 0. The van der Waals surface area contributed by atoms with Gasteiger partial charge in [0.15, 0.2) is 0 Å². The Labute approximate surface area is 65.2 Å². The minimum atomic E-state index is -0.117. The maximum Gasteiger partial charge on any atom is 0.100 e. The van der Waals surface area contributed by atoms with Crippen molar-refractivity contribution < 1.29 is 5.11 Å². The Morgan fingerprint density at radius 3 is 2.82 bits per heavy atom. The highest BCUT2D eigenvalue weighted by Crippen LogP contribution is 2.15. The molecule has 0 amide bonds. The molecule has 1 aromatic heterocycles. The Bertz CT molecular complexity index is 221. The van der Waals surface area contributed by atoms with Crippen molar-refractivity contribution in [2.45, 2.75) is 12.5 Å². The summed E-state index contributed by atoms with van der Waals surface area (Å²) in [7, 11) is 0. The third-order valence-corrected chi connectivity index (χ3v) is 1.60. The summed E-state index contributed by atoms with van der Waals surface area (Å²) in [6.07, 6.45) is 2.33.